The van der Waals surface area contributed by atoms with Crippen LogP contribution >= 0.6 is 21.5 Å². The van der Waals surface area contributed by atoms with E-state index in [4.69, 9.17) is 11.6 Å². The average molecular weight is 523 g/mol. The first-order valence-electron chi connectivity index (χ1n) is 15.1. The lowest BCUT2D eigenvalue weighted by molar-refractivity contribution is 0.581. The lowest BCUT2D eigenvalue weighted by Crippen LogP contribution is -1.99. The molecule has 0 aliphatic carbocycles. The van der Waals surface area contributed by atoms with Crippen LogP contribution in [0, 0.1) is 0 Å². The van der Waals surface area contributed by atoms with Gasteiger partial charge in [0.15, 0.2) is 0 Å². The summed E-state index contributed by atoms with van der Waals surface area (Å²) in [7, 11) is 0. The number of unbranched alkanes of at least 4 members (excludes halogenated alkanes) is 15. The molecule has 0 aromatic heterocycles. The van der Waals surface area contributed by atoms with Gasteiger partial charge in [-0.2, -0.15) is 9.90 Å². The van der Waals surface area contributed by atoms with Gasteiger partial charge in [-0.25, -0.2) is 0 Å². The second-order valence-corrected chi connectivity index (χ2v) is 10.7. The molecule has 0 radical (unpaired) electrons. The molecular weight excluding hydrogens is 463 g/mol. The van der Waals surface area contributed by atoms with Crippen molar-refractivity contribution in [3.05, 3.63) is 41.0 Å². The summed E-state index contributed by atoms with van der Waals surface area (Å²) in [5.74, 6) is 0.623. The van der Waals surface area contributed by atoms with Crippen LogP contribution in [0.1, 0.15) is 167 Å². The van der Waals surface area contributed by atoms with E-state index >= 15 is 0 Å². The Hall–Kier alpha value is -0.320. The lowest BCUT2D eigenvalue weighted by atomic mass is 9.87. The zero-order valence-electron chi connectivity index (χ0n) is 24.0. The van der Waals surface area contributed by atoms with Crippen LogP contribution in [0.5, 0.6) is 0 Å². The van der Waals surface area contributed by atoms with Crippen LogP contribution in [-0.4, -0.2) is 0 Å². The van der Waals surface area contributed by atoms with Crippen molar-refractivity contribution in [2.75, 3.05) is 0 Å². The van der Waals surface area contributed by atoms with Gasteiger partial charge in [0.25, 0.3) is 0 Å². The van der Waals surface area contributed by atoms with Gasteiger partial charge in [0.1, 0.15) is 0 Å². The Morgan fingerprint density at radius 2 is 0.943 bits per heavy atom. The molecular formula is C33H60ClP. The maximum atomic E-state index is 6.43. The van der Waals surface area contributed by atoms with Crippen molar-refractivity contribution < 1.29 is 0 Å². The molecule has 2 heteroatoms. The van der Waals surface area contributed by atoms with Crippen molar-refractivity contribution in [3.63, 3.8) is 0 Å². The Balaban J connectivity index is 0.0000116. The molecule has 0 aliphatic rings. The highest BCUT2D eigenvalue weighted by Crippen LogP contribution is 2.34. The van der Waals surface area contributed by atoms with Gasteiger partial charge in [0.2, 0.25) is 0 Å². The van der Waals surface area contributed by atoms with Gasteiger partial charge >= 0.3 is 0 Å². The third-order valence-electron chi connectivity index (χ3n) is 7.36. The van der Waals surface area contributed by atoms with E-state index in [2.05, 4.69) is 45.0 Å². The Morgan fingerprint density at radius 3 is 1.40 bits per heavy atom. The predicted octanol–water partition coefficient (Wildman–Crippen LogP) is 12.5. The maximum Gasteiger partial charge on any atom is 0.0480 e. The smallest absolute Gasteiger partial charge is 0.0480 e. The molecule has 0 heterocycles. The second-order valence-electron chi connectivity index (χ2n) is 10.4. The minimum atomic E-state index is 0. The van der Waals surface area contributed by atoms with Gasteiger partial charge < -0.3 is 0 Å². The van der Waals surface area contributed by atoms with Crippen molar-refractivity contribution in [2.24, 2.45) is 0 Å². The molecule has 1 aromatic carbocycles. The molecule has 35 heavy (non-hydrogen) atoms. The van der Waals surface area contributed by atoms with Crippen LogP contribution < -0.4 is 0 Å². The number of hydrogen-bond donors (Lipinski definition) is 0. The number of allylic oxidation sites excluding steroid dienone is 2. The van der Waals surface area contributed by atoms with Crippen molar-refractivity contribution in [3.8, 4) is 0 Å². The number of benzene rings is 1. The SMILES string of the molecule is CCCCCCCCC(CCCCCCCC)=C(CCCCCCCC)c1ccccc1CCl.P. The highest BCUT2D eigenvalue weighted by atomic mass is 35.5. The van der Waals surface area contributed by atoms with Gasteiger partial charge in [0.05, 0.1) is 0 Å². The molecule has 0 aliphatic heterocycles. The molecule has 1 unspecified atom stereocenters. The fourth-order valence-electron chi connectivity index (χ4n) is 5.18. The quantitative estimate of drug-likeness (QED) is 0.0761. The summed E-state index contributed by atoms with van der Waals surface area (Å²) in [5, 5.41) is 0. The van der Waals surface area contributed by atoms with Crippen LogP contribution in [0.2, 0.25) is 0 Å². The Bertz CT molecular complexity index is 603. The van der Waals surface area contributed by atoms with E-state index in [0.29, 0.717) is 5.88 Å². The molecule has 204 valence electrons. The van der Waals surface area contributed by atoms with E-state index in [9.17, 15) is 0 Å². The Labute approximate surface area is 229 Å². The van der Waals surface area contributed by atoms with E-state index in [1.54, 1.807) is 11.1 Å². The lowest BCUT2D eigenvalue weighted by Gasteiger charge is -2.19. The third-order valence-corrected chi connectivity index (χ3v) is 7.65. The maximum absolute atomic E-state index is 6.43. The highest BCUT2D eigenvalue weighted by Gasteiger charge is 2.13. The minimum Gasteiger partial charge on any atom is -0.153 e. The van der Waals surface area contributed by atoms with Gasteiger partial charge in [-0.3, -0.25) is 0 Å². The second kappa shape index (κ2) is 25.3. The molecule has 0 bridgehead atoms. The summed E-state index contributed by atoms with van der Waals surface area (Å²) in [4.78, 5) is 0. The summed E-state index contributed by atoms with van der Waals surface area (Å²) < 4.78 is 0. The van der Waals surface area contributed by atoms with Gasteiger partial charge in [0, 0.05) is 5.88 Å². The summed E-state index contributed by atoms with van der Waals surface area (Å²) >= 11 is 6.43. The fourth-order valence-corrected chi connectivity index (χ4v) is 5.41. The standard InChI is InChI=1S/C33H57Cl.H3P/c1-4-7-10-13-16-19-24-30(25-20-17-14-11-8-5-2)32(27-21-18-15-12-9-6-3)33-28-23-22-26-31(33)29-34;/h22-23,26,28H,4-21,24-25,27,29H2,1-3H3;1H3. The van der Waals surface area contributed by atoms with Crippen molar-refractivity contribution in [1.82, 2.24) is 0 Å². The van der Waals surface area contributed by atoms with Gasteiger partial charge in [-0.15, -0.1) is 11.6 Å². The molecule has 0 saturated heterocycles. The minimum absolute atomic E-state index is 0. The monoisotopic (exact) mass is 522 g/mol. The fraction of sp³-hybridized carbons (Fsp3) is 0.758. The van der Waals surface area contributed by atoms with Crippen molar-refractivity contribution in [2.45, 2.75) is 161 Å². The highest BCUT2D eigenvalue weighted by molar-refractivity contribution is 6.92. The molecule has 0 N–H and O–H groups in total. The van der Waals surface area contributed by atoms with E-state index in [1.807, 2.05) is 0 Å². The van der Waals surface area contributed by atoms with Crippen LogP contribution in [0.15, 0.2) is 29.8 Å². The van der Waals surface area contributed by atoms with Crippen LogP contribution in [0.4, 0.5) is 0 Å². The molecule has 0 saturated carbocycles. The zero-order chi connectivity index (χ0) is 24.7. The molecule has 0 spiro atoms. The Kier molecular flexibility index (Phi) is 25.1. The van der Waals surface area contributed by atoms with Crippen molar-refractivity contribution >= 4 is 27.1 Å². The Morgan fingerprint density at radius 1 is 0.543 bits per heavy atom. The molecule has 1 atom stereocenters. The summed E-state index contributed by atoms with van der Waals surface area (Å²) in [6.07, 6.45) is 28.6. The topological polar surface area (TPSA) is 0 Å². The van der Waals surface area contributed by atoms with Crippen LogP contribution in [-0.2, 0) is 5.88 Å². The largest absolute Gasteiger partial charge is 0.153 e. The first-order chi connectivity index (χ1) is 16.8. The first-order valence-corrected chi connectivity index (χ1v) is 15.7. The molecule has 0 nitrogen and oxygen atoms in total. The van der Waals surface area contributed by atoms with E-state index in [1.165, 1.54) is 146 Å². The number of hydrogen-bond acceptors (Lipinski definition) is 0. The van der Waals surface area contributed by atoms with E-state index in [0.717, 1.165) is 0 Å². The van der Waals surface area contributed by atoms with Crippen LogP contribution in [0.3, 0.4) is 0 Å². The van der Waals surface area contributed by atoms with Gasteiger partial charge in [-0.05, 0) is 55.2 Å². The van der Waals surface area contributed by atoms with E-state index < -0.39 is 0 Å². The van der Waals surface area contributed by atoms with Crippen molar-refractivity contribution in [1.29, 1.82) is 0 Å². The summed E-state index contributed by atoms with van der Waals surface area (Å²) in [6.45, 7) is 6.93. The number of alkyl halides is 1. The van der Waals surface area contributed by atoms with Crippen LogP contribution in [0.25, 0.3) is 5.57 Å². The first kappa shape index (κ1) is 34.7. The number of halogens is 1. The normalized spacial score (nSPS) is 10.9. The van der Waals surface area contributed by atoms with E-state index in [-0.39, 0.29) is 9.90 Å². The van der Waals surface area contributed by atoms with Gasteiger partial charge in [-0.1, -0.05) is 147 Å². The summed E-state index contributed by atoms with van der Waals surface area (Å²) in [5.41, 5.74) is 6.21. The average Bonchev–Trinajstić information content (AvgIpc) is 2.87. The summed E-state index contributed by atoms with van der Waals surface area (Å²) in [6, 6.07) is 8.98. The molecule has 1 rings (SSSR count). The zero-order valence-corrected chi connectivity index (χ0v) is 26.1. The third kappa shape index (κ3) is 16.9. The molecule has 1 aromatic rings. The molecule has 0 fully saturated rings. The predicted molar refractivity (Wildman–Crippen MR) is 168 cm³/mol. The molecule has 0 amide bonds. The number of rotatable bonds is 23.